The first-order valence-corrected chi connectivity index (χ1v) is 10.5. The van der Waals surface area contributed by atoms with E-state index in [0.29, 0.717) is 11.5 Å². The first kappa shape index (κ1) is 19.8. The molecule has 0 aromatic heterocycles. The highest BCUT2D eigenvalue weighted by atomic mass is 16.5. The third-order valence-corrected chi connectivity index (χ3v) is 6.24. The second kappa shape index (κ2) is 8.08. The lowest BCUT2D eigenvalue weighted by Gasteiger charge is -2.19. The van der Waals surface area contributed by atoms with Gasteiger partial charge in [-0.2, -0.15) is 0 Å². The zero-order valence-corrected chi connectivity index (χ0v) is 17.5. The van der Waals surface area contributed by atoms with Gasteiger partial charge >= 0.3 is 0 Å². The van der Waals surface area contributed by atoms with Gasteiger partial charge in [-0.1, -0.05) is 48.0 Å². The van der Waals surface area contributed by atoms with Crippen LogP contribution < -0.4 is 0 Å². The van der Waals surface area contributed by atoms with Crippen molar-refractivity contribution in [3.8, 4) is 11.1 Å². The molecule has 3 nitrogen and oxygen atoms in total. The Morgan fingerprint density at radius 1 is 0.897 bits per heavy atom. The Bertz CT molecular complexity index is 953. The molecule has 1 unspecified atom stereocenters. The molecule has 29 heavy (non-hydrogen) atoms. The summed E-state index contributed by atoms with van der Waals surface area (Å²) in [4.78, 5) is 26.0. The average Bonchev–Trinajstić information content (AvgIpc) is 2.96. The molecule has 1 saturated carbocycles. The second-order valence-corrected chi connectivity index (χ2v) is 8.47. The van der Waals surface area contributed by atoms with Crippen LogP contribution in [-0.4, -0.2) is 24.8 Å². The summed E-state index contributed by atoms with van der Waals surface area (Å²) < 4.78 is 5.41. The van der Waals surface area contributed by atoms with Gasteiger partial charge in [0.15, 0.2) is 11.6 Å². The number of allylic oxidation sites excluding steroid dienone is 2. The molecule has 1 saturated heterocycles. The topological polar surface area (TPSA) is 43.4 Å². The summed E-state index contributed by atoms with van der Waals surface area (Å²) in [5.41, 5.74) is 7.13. The Balaban J connectivity index is 1.65. The molecule has 2 aromatic carbocycles. The van der Waals surface area contributed by atoms with Gasteiger partial charge in [0.05, 0.1) is 0 Å². The molecule has 4 rings (SSSR count). The Hall–Kier alpha value is -2.52. The molecule has 2 fully saturated rings. The van der Waals surface area contributed by atoms with Gasteiger partial charge in [-0.05, 0) is 72.9 Å². The van der Waals surface area contributed by atoms with E-state index in [-0.39, 0.29) is 18.0 Å². The molecule has 1 aliphatic heterocycles. The van der Waals surface area contributed by atoms with Crippen molar-refractivity contribution in [2.75, 3.05) is 13.2 Å². The van der Waals surface area contributed by atoms with E-state index in [9.17, 15) is 9.59 Å². The highest BCUT2D eigenvalue weighted by Gasteiger charge is 2.40. The van der Waals surface area contributed by atoms with Crippen molar-refractivity contribution >= 4 is 11.6 Å². The van der Waals surface area contributed by atoms with Crippen LogP contribution in [0.5, 0.6) is 0 Å². The van der Waals surface area contributed by atoms with Crippen LogP contribution in [0.4, 0.5) is 0 Å². The molecule has 0 bridgehead atoms. The maximum absolute atomic E-state index is 13.2. The molecule has 2 aromatic rings. The molecule has 0 amide bonds. The molecule has 150 valence electrons. The van der Waals surface area contributed by atoms with Crippen molar-refractivity contribution in [2.24, 2.45) is 5.92 Å². The zero-order chi connectivity index (χ0) is 20.5. The molecule has 1 atom stereocenters. The second-order valence-electron chi connectivity index (χ2n) is 8.47. The number of aryl methyl sites for hydroxylation is 3. The zero-order valence-electron chi connectivity index (χ0n) is 17.5. The van der Waals surface area contributed by atoms with Gasteiger partial charge in [0.25, 0.3) is 0 Å². The number of hydrogen-bond acceptors (Lipinski definition) is 3. The number of ketones is 2. The third-order valence-electron chi connectivity index (χ3n) is 6.24. The SMILES string of the molecule is Cc1ccc(-c2cc(C)c(C3C(=O)C/C(=C\C4CCOCC4)C3=O)c(C)c2)cc1. The van der Waals surface area contributed by atoms with Crippen LogP contribution in [0, 0.1) is 26.7 Å². The Morgan fingerprint density at radius 2 is 1.52 bits per heavy atom. The minimum atomic E-state index is -0.645. The van der Waals surface area contributed by atoms with E-state index < -0.39 is 5.92 Å². The molecular formula is C26H28O3. The molecule has 1 aliphatic carbocycles. The number of ether oxygens (including phenoxy) is 1. The highest BCUT2D eigenvalue weighted by molar-refractivity contribution is 6.23. The van der Waals surface area contributed by atoms with Crippen molar-refractivity contribution in [3.63, 3.8) is 0 Å². The number of carbonyl (C=O) groups excluding carboxylic acids is 2. The Labute approximate surface area is 172 Å². The first-order valence-electron chi connectivity index (χ1n) is 10.5. The van der Waals surface area contributed by atoms with Gasteiger partial charge in [0, 0.05) is 19.6 Å². The number of rotatable bonds is 3. The van der Waals surface area contributed by atoms with E-state index in [1.165, 1.54) is 5.56 Å². The minimum Gasteiger partial charge on any atom is -0.381 e. The van der Waals surface area contributed by atoms with E-state index in [1.54, 1.807) is 0 Å². The molecule has 0 radical (unpaired) electrons. The normalized spacial score (nSPS) is 21.9. The smallest absolute Gasteiger partial charge is 0.173 e. The van der Waals surface area contributed by atoms with Crippen molar-refractivity contribution in [3.05, 3.63) is 70.3 Å². The van der Waals surface area contributed by atoms with Crippen LogP contribution in [0.25, 0.3) is 11.1 Å². The predicted octanol–water partition coefficient (Wildman–Crippen LogP) is 5.26. The van der Waals surface area contributed by atoms with Crippen molar-refractivity contribution in [2.45, 2.75) is 46.0 Å². The summed E-state index contributed by atoms with van der Waals surface area (Å²) in [7, 11) is 0. The number of Topliss-reactive ketones (excluding diaryl/α,β-unsaturated/α-hetero) is 2. The van der Waals surface area contributed by atoms with Crippen LogP contribution in [0.2, 0.25) is 0 Å². The van der Waals surface area contributed by atoms with Crippen LogP contribution in [-0.2, 0) is 14.3 Å². The average molecular weight is 389 g/mol. The summed E-state index contributed by atoms with van der Waals surface area (Å²) in [6.45, 7) is 7.57. The van der Waals surface area contributed by atoms with Gasteiger partial charge in [-0.25, -0.2) is 0 Å². The van der Waals surface area contributed by atoms with Gasteiger partial charge in [0.2, 0.25) is 0 Å². The number of hydrogen-bond donors (Lipinski definition) is 0. The maximum atomic E-state index is 13.2. The van der Waals surface area contributed by atoms with E-state index >= 15 is 0 Å². The summed E-state index contributed by atoms with van der Waals surface area (Å²) in [5.74, 6) is -0.271. The lowest BCUT2D eigenvalue weighted by Crippen LogP contribution is -2.17. The summed E-state index contributed by atoms with van der Waals surface area (Å²) >= 11 is 0. The predicted molar refractivity (Wildman–Crippen MR) is 115 cm³/mol. The molecule has 1 heterocycles. The van der Waals surface area contributed by atoms with Gasteiger partial charge in [0.1, 0.15) is 5.92 Å². The summed E-state index contributed by atoms with van der Waals surface area (Å²) in [6.07, 6.45) is 4.17. The molecule has 0 spiro atoms. The molecular weight excluding hydrogens is 360 g/mol. The van der Waals surface area contributed by atoms with Crippen LogP contribution in [0.3, 0.4) is 0 Å². The van der Waals surface area contributed by atoms with Crippen molar-refractivity contribution in [1.82, 2.24) is 0 Å². The number of benzene rings is 2. The fraction of sp³-hybridized carbons (Fsp3) is 0.385. The van der Waals surface area contributed by atoms with Gasteiger partial charge in [-0.3, -0.25) is 9.59 Å². The maximum Gasteiger partial charge on any atom is 0.173 e. The lowest BCUT2D eigenvalue weighted by molar-refractivity contribution is -0.123. The van der Waals surface area contributed by atoms with Gasteiger partial charge < -0.3 is 4.74 Å². The van der Waals surface area contributed by atoms with Gasteiger partial charge in [-0.15, -0.1) is 0 Å². The van der Waals surface area contributed by atoms with Crippen molar-refractivity contribution < 1.29 is 14.3 Å². The fourth-order valence-electron chi connectivity index (χ4n) is 4.65. The molecule has 3 heteroatoms. The fourth-order valence-corrected chi connectivity index (χ4v) is 4.65. The largest absolute Gasteiger partial charge is 0.381 e. The molecule has 0 N–H and O–H groups in total. The summed E-state index contributed by atoms with van der Waals surface area (Å²) in [5, 5.41) is 0. The third kappa shape index (κ3) is 3.97. The van der Waals surface area contributed by atoms with E-state index in [0.717, 1.165) is 53.9 Å². The van der Waals surface area contributed by atoms with E-state index in [2.05, 4.69) is 43.3 Å². The monoisotopic (exact) mass is 388 g/mol. The molecule has 2 aliphatic rings. The Morgan fingerprint density at radius 3 is 2.14 bits per heavy atom. The Kier molecular flexibility index (Phi) is 5.51. The van der Waals surface area contributed by atoms with Crippen LogP contribution >= 0.6 is 0 Å². The van der Waals surface area contributed by atoms with E-state index in [4.69, 9.17) is 4.74 Å². The lowest BCUT2D eigenvalue weighted by atomic mass is 9.85. The van der Waals surface area contributed by atoms with E-state index in [1.807, 2.05) is 19.9 Å². The van der Waals surface area contributed by atoms with Crippen molar-refractivity contribution in [1.29, 1.82) is 0 Å². The highest BCUT2D eigenvalue weighted by Crippen LogP contribution is 2.38. The minimum absolute atomic E-state index is 0.00391. The standard InChI is InChI=1S/C26H28O3/c1-16-4-6-20(7-5-16)21-12-17(2)24(18(3)13-21)25-23(27)15-22(26(25)28)14-19-8-10-29-11-9-19/h4-7,12-14,19,25H,8-11,15H2,1-3H3/b22-14+. The van der Waals surface area contributed by atoms with Crippen LogP contribution in [0.15, 0.2) is 48.0 Å². The van der Waals surface area contributed by atoms with Crippen LogP contribution in [0.1, 0.15) is 47.4 Å². The summed E-state index contributed by atoms with van der Waals surface area (Å²) in [6, 6.07) is 12.6. The number of carbonyl (C=O) groups is 2. The quantitative estimate of drug-likeness (QED) is 0.532. The first-order chi connectivity index (χ1) is 13.9.